The van der Waals surface area contributed by atoms with E-state index >= 15 is 0 Å². The highest BCUT2D eigenvalue weighted by Crippen LogP contribution is 2.26. The fraction of sp³-hybridized carbons (Fsp3) is 0.158. The molecule has 5 heteroatoms. The summed E-state index contributed by atoms with van der Waals surface area (Å²) in [4.78, 5) is 12.3. The lowest BCUT2D eigenvalue weighted by atomic mass is 9.99. The molecule has 0 bridgehead atoms. The van der Waals surface area contributed by atoms with Gasteiger partial charge in [0.05, 0.1) is 24.4 Å². The zero-order valence-electron chi connectivity index (χ0n) is 13.2. The Hall–Kier alpha value is -3.08. The number of methoxy groups -OCH3 is 1. The fourth-order valence-electron chi connectivity index (χ4n) is 2.90. The van der Waals surface area contributed by atoms with Gasteiger partial charge in [-0.05, 0) is 29.8 Å². The lowest BCUT2D eigenvalue weighted by Gasteiger charge is -2.10. The summed E-state index contributed by atoms with van der Waals surface area (Å²) >= 11 is 0. The molecular formula is C19H16N2O3. The molecule has 1 aromatic heterocycles. The van der Waals surface area contributed by atoms with Gasteiger partial charge in [0.1, 0.15) is 11.3 Å². The van der Waals surface area contributed by atoms with Crippen LogP contribution in [0.15, 0.2) is 68.9 Å². The molecule has 1 unspecified atom stereocenters. The maximum absolute atomic E-state index is 12.3. The number of nitrogens with zero attached hydrogens (tertiary/aromatic N) is 1. The summed E-state index contributed by atoms with van der Waals surface area (Å²) in [6.45, 7) is 0. The van der Waals surface area contributed by atoms with Gasteiger partial charge in [0.2, 0.25) is 0 Å². The molecule has 24 heavy (non-hydrogen) atoms. The van der Waals surface area contributed by atoms with Crippen LogP contribution >= 0.6 is 0 Å². The summed E-state index contributed by atoms with van der Waals surface area (Å²) in [7, 11) is 1.64. The molecule has 0 radical (unpaired) electrons. The highest BCUT2D eigenvalue weighted by Gasteiger charge is 2.23. The number of ether oxygens (including phenoxy) is 1. The second-order valence-corrected chi connectivity index (χ2v) is 5.70. The van der Waals surface area contributed by atoms with Crippen LogP contribution < -0.4 is 15.8 Å². The molecule has 2 aromatic carbocycles. The Balaban J connectivity index is 1.62. The molecule has 1 aliphatic rings. The molecule has 0 fully saturated rings. The van der Waals surface area contributed by atoms with Crippen LogP contribution in [-0.4, -0.2) is 12.8 Å². The molecule has 120 valence electrons. The summed E-state index contributed by atoms with van der Waals surface area (Å²) < 4.78 is 10.6. The maximum Gasteiger partial charge on any atom is 0.345 e. The Kier molecular flexibility index (Phi) is 3.54. The second-order valence-electron chi connectivity index (χ2n) is 5.70. The highest BCUT2D eigenvalue weighted by molar-refractivity contribution is 6.03. The van der Waals surface area contributed by atoms with Gasteiger partial charge in [-0.3, -0.25) is 0 Å². The van der Waals surface area contributed by atoms with Crippen LogP contribution in [0.5, 0.6) is 5.75 Å². The van der Waals surface area contributed by atoms with Crippen LogP contribution in [0, 0.1) is 0 Å². The first-order chi connectivity index (χ1) is 11.7. The zero-order valence-corrected chi connectivity index (χ0v) is 13.2. The van der Waals surface area contributed by atoms with Crippen molar-refractivity contribution in [1.29, 1.82) is 0 Å². The summed E-state index contributed by atoms with van der Waals surface area (Å²) in [6.07, 6.45) is 0.634. The molecule has 0 saturated carbocycles. The van der Waals surface area contributed by atoms with Crippen LogP contribution in [0.3, 0.4) is 0 Å². The van der Waals surface area contributed by atoms with Crippen molar-refractivity contribution in [2.45, 2.75) is 12.5 Å². The van der Waals surface area contributed by atoms with Crippen LogP contribution in [0.25, 0.3) is 11.0 Å². The predicted molar refractivity (Wildman–Crippen MR) is 92.5 cm³/mol. The minimum absolute atomic E-state index is 0.0387. The maximum atomic E-state index is 12.3. The van der Waals surface area contributed by atoms with E-state index in [0.29, 0.717) is 17.6 Å². The molecule has 5 nitrogen and oxygen atoms in total. The van der Waals surface area contributed by atoms with Crippen LogP contribution in [0.4, 0.5) is 0 Å². The minimum atomic E-state index is -0.357. The number of hydrogen-bond acceptors (Lipinski definition) is 5. The van der Waals surface area contributed by atoms with Gasteiger partial charge < -0.3 is 14.6 Å². The van der Waals surface area contributed by atoms with Crippen molar-refractivity contribution in [3.63, 3.8) is 0 Å². The third-order valence-corrected chi connectivity index (χ3v) is 4.22. The van der Waals surface area contributed by atoms with Crippen molar-refractivity contribution in [3.05, 3.63) is 76.1 Å². The van der Waals surface area contributed by atoms with E-state index in [1.807, 2.05) is 48.5 Å². The molecule has 0 saturated heterocycles. The summed E-state index contributed by atoms with van der Waals surface area (Å²) in [6, 6.07) is 17.2. The lowest BCUT2D eigenvalue weighted by molar-refractivity contribution is 0.414. The molecule has 3 aromatic rings. The quantitative estimate of drug-likeness (QED) is 0.753. The van der Waals surface area contributed by atoms with Crippen molar-refractivity contribution in [1.82, 2.24) is 5.43 Å². The predicted octanol–water partition coefficient (Wildman–Crippen LogP) is 3.24. The minimum Gasteiger partial charge on any atom is -0.497 e. The summed E-state index contributed by atoms with van der Waals surface area (Å²) in [5, 5.41) is 5.24. The van der Waals surface area contributed by atoms with Crippen molar-refractivity contribution < 1.29 is 9.15 Å². The fourth-order valence-corrected chi connectivity index (χ4v) is 2.90. The van der Waals surface area contributed by atoms with Crippen molar-refractivity contribution in [2.24, 2.45) is 5.10 Å². The number of hydrogen-bond donors (Lipinski definition) is 1. The first kappa shape index (κ1) is 14.5. The lowest BCUT2D eigenvalue weighted by Crippen LogP contribution is -2.14. The van der Waals surface area contributed by atoms with Crippen molar-refractivity contribution >= 4 is 16.7 Å². The molecule has 1 atom stereocenters. The van der Waals surface area contributed by atoms with E-state index < -0.39 is 0 Å². The monoisotopic (exact) mass is 320 g/mol. The van der Waals surface area contributed by atoms with Gasteiger partial charge in [-0.15, -0.1) is 0 Å². The Bertz CT molecular complexity index is 974. The average molecular weight is 320 g/mol. The Morgan fingerprint density at radius 3 is 2.75 bits per heavy atom. The van der Waals surface area contributed by atoms with Gasteiger partial charge in [-0.2, -0.15) is 5.10 Å². The Morgan fingerprint density at radius 2 is 1.96 bits per heavy atom. The SMILES string of the molecule is COc1ccc(C2CC(c3cc4ccccc4oc3=O)=NN2)cc1. The van der Waals surface area contributed by atoms with Crippen molar-refractivity contribution in [3.8, 4) is 5.75 Å². The number of fused-ring (bicyclic) bond motifs is 1. The van der Waals surface area contributed by atoms with E-state index in [2.05, 4.69) is 10.5 Å². The molecule has 2 heterocycles. The van der Waals surface area contributed by atoms with Gasteiger partial charge in [-0.25, -0.2) is 4.79 Å². The standard InChI is InChI=1S/C19H16N2O3/c1-23-14-8-6-12(7-9-14)16-11-17(21-20-16)15-10-13-4-2-3-5-18(13)24-19(15)22/h2-10,16,20H,11H2,1H3. The Morgan fingerprint density at radius 1 is 1.17 bits per heavy atom. The van der Waals surface area contributed by atoms with Crippen LogP contribution in [-0.2, 0) is 0 Å². The number of benzene rings is 2. The molecule has 4 rings (SSSR count). The van der Waals surface area contributed by atoms with Gasteiger partial charge in [0, 0.05) is 11.8 Å². The van der Waals surface area contributed by atoms with Gasteiger partial charge >= 0.3 is 5.63 Å². The molecule has 0 aliphatic carbocycles. The zero-order chi connectivity index (χ0) is 16.5. The normalized spacial score (nSPS) is 16.7. The van der Waals surface area contributed by atoms with E-state index in [4.69, 9.17) is 9.15 Å². The molecule has 0 amide bonds. The van der Waals surface area contributed by atoms with Gasteiger partial charge in [0.25, 0.3) is 0 Å². The van der Waals surface area contributed by atoms with E-state index in [0.717, 1.165) is 22.4 Å². The number of rotatable bonds is 3. The van der Waals surface area contributed by atoms with Crippen LogP contribution in [0.2, 0.25) is 0 Å². The molecule has 0 spiro atoms. The smallest absolute Gasteiger partial charge is 0.345 e. The third-order valence-electron chi connectivity index (χ3n) is 4.22. The molecule has 1 N–H and O–H groups in total. The van der Waals surface area contributed by atoms with E-state index in [1.165, 1.54) is 0 Å². The Labute approximate surface area is 138 Å². The molecule has 1 aliphatic heterocycles. The summed E-state index contributed by atoms with van der Waals surface area (Å²) in [5.74, 6) is 0.813. The second kappa shape index (κ2) is 5.85. The van der Waals surface area contributed by atoms with Crippen LogP contribution in [0.1, 0.15) is 23.6 Å². The number of nitrogens with one attached hydrogen (secondary N) is 1. The number of hydrazone groups is 1. The van der Waals surface area contributed by atoms with Gasteiger partial charge in [-0.1, -0.05) is 30.3 Å². The molecular weight excluding hydrogens is 304 g/mol. The average Bonchev–Trinajstić information content (AvgIpc) is 3.11. The highest BCUT2D eigenvalue weighted by atomic mass is 16.5. The number of para-hydroxylation sites is 1. The van der Waals surface area contributed by atoms with Gasteiger partial charge in [0.15, 0.2) is 0 Å². The topological polar surface area (TPSA) is 63.8 Å². The largest absolute Gasteiger partial charge is 0.497 e. The third kappa shape index (κ3) is 2.54. The first-order valence-corrected chi connectivity index (χ1v) is 7.74. The first-order valence-electron chi connectivity index (χ1n) is 7.74. The van der Waals surface area contributed by atoms with E-state index in [-0.39, 0.29) is 11.7 Å². The van der Waals surface area contributed by atoms with Crippen molar-refractivity contribution in [2.75, 3.05) is 7.11 Å². The van der Waals surface area contributed by atoms with E-state index in [9.17, 15) is 4.79 Å². The summed E-state index contributed by atoms with van der Waals surface area (Å²) in [5.41, 5.74) is 5.66. The van der Waals surface area contributed by atoms with E-state index in [1.54, 1.807) is 13.2 Å².